The van der Waals surface area contributed by atoms with Crippen molar-refractivity contribution < 1.29 is 19.0 Å². The van der Waals surface area contributed by atoms with E-state index in [1.54, 1.807) is 49.5 Å². The van der Waals surface area contributed by atoms with E-state index in [1.807, 2.05) is 18.2 Å². The summed E-state index contributed by atoms with van der Waals surface area (Å²) in [6, 6.07) is 10.6. The van der Waals surface area contributed by atoms with Crippen molar-refractivity contribution in [3.8, 4) is 17.2 Å². The molecule has 10 heteroatoms. The second kappa shape index (κ2) is 11.1. The first-order valence-corrected chi connectivity index (χ1v) is 10.9. The predicted octanol–water partition coefficient (Wildman–Crippen LogP) is 3.94. The lowest BCUT2D eigenvalue weighted by Gasteiger charge is -2.30. The number of anilines is 1. The fourth-order valence-electron chi connectivity index (χ4n) is 3.43. The number of halogens is 1. The van der Waals surface area contributed by atoms with E-state index in [0.717, 1.165) is 18.4 Å². The fourth-order valence-corrected chi connectivity index (χ4v) is 3.90. The second-order valence-electron chi connectivity index (χ2n) is 7.05. The predicted molar refractivity (Wildman–Crippen MR) is 129 cm³/mol. The van der Waals surface area contributed by atoms with Crippen molar-refractivity contribution in [2.45, 2.75) is 12.8 Å². The van der Waals surface area contributed by atoms with Crippen molar-refractivity contribution in [1.29, 1.82) is 0 Å². The molecule has 172 valence electrons. The van der Waals surface area contributed by atoms with Crippen molar-refractivity contribution in [2.75, 3.05) is 46.3 Å². The summed E-state index contributed by atoms with van der Waals surface area (Å²) in [6.07, 6.45) is 1.55. The van der Waals surface area contributed by atoms with Crippen LogP contribution >= 0.6 is 23.8 Å². The molecule has 0 aliphatic carbocycles. The number of amides is 2. The number of urea groups is 1. The van der Waals surface area contributed by atoms with Crippen molar-refractivity contribution in [3.63, 3.8) is 0 Å². The van der Waals surface area contributed by atoms with Gasteiger partial charge < -0.3 is 24.8 Å². The van der Waals surface area contributed by atoms with Crippen LogP contribution in [0.2, 0.25) is 5.02 Å². The summed E-state index contributed by atoms with van der Waals surface area (Å²) < 4.78 is 15.9. The minimum Gasteiger partial charge on any atom is -0.495 e. The number of benzene rings is 2. The van der Waals surface area contributed by atoms with Crippen LogP contribution in [0.25, 0.3) is 0 Å². The molecule has 0 atom stereocenters. The molecule has 0 saturated carbocycles. The van der Waals surface area contributed by atoms with Crippen LogP contribution in [-0.2, 0) is 6.42 Å². The molecule has 0 aromatic heterocycles. The van der Waals surface area contributed by atoms with E-state index in [4.69, 9.17) is 38.0 Å². The lowest BCUT2D eigenvalue weighted by molar-refractivity contribution is 0.136. The molecule has 2 aromatic carbocycles. The first-order chi connectivity index (χ1) is 15.5. The van der Waals surface area contributed by atoms with E-state index < -0.39 is 0 Å². The van der Waals surface area contributed by atoms with E-state index in [1.165, 1.54) is 0 Å². The largest absolute Gasteiger partial charge is 0.495 e. The van der Waals surface area contributed by atoms with Gasteiger partial charge in [-0.05, 0) is 61.0 Å². The number of methoxy groups -OCH3 is 3. The minimum atomic E-state index is -0.299. The van der Waals surface area contributed by atoms with Crippen molar-refractivity contribution in [2.24, 2.45) is 0 Å². The van der Waals surface area contributed by atoms with Crippen molar-refractivity contribution in [1.82, 2.24) is 15.3 Å². The highest BCUT2D eigenvalue weighted by Gasteiger charge is 2.29. The summed E-state index contributed by atoms with van der Waals surface area (Å²) >= 11 is 11.6. The summed E-state index contributed by atoms with van der Waals surface area (Å²) in [7, 11) is 4.76. The first-order valence-electron chi connectivity index (χ1n) is 10.1. The van der Waals surface area contributed by atoms with E-state index in [0.29, 0.717) is 52.7 Å². The molecule has 1 saturated heterocycles. The maximum Gasteiger partial charge on any atom is 0.340 e. The molecule has 1 aliphatic rings. The molecule has 2 aromatic rings. The average molecular weight is 479 g/mol. The lowest BCUT2D eigenvalue weighted by atomic mass is 10.1. The Bertz CT molecular complexity index is 975. The van der Waals surface area contributed by atoms with Crippen molar-refractivity contribution >= 4 is 40.6 Å². The third-order valence-corrected chi connectivity index (χ3v) is 5.63. The smallest absolute Gasteiger partial charge is 0.340 e. The standard InChI is InChI=1S/C22H27ClN4O4S/c1-29-18-8-6-16(23)14-17(18)25-21(28)26-11-4-12-27(26)22(32)24-10-9-15-5-7-19(30-2)20(13-15)31-3/h5-8,13-14H,4,9-12H2,1-3H3,(H,24,32)(H,25,28). The third-order valence-electron chi connectivity index (χ3n) is 5.04. The molecule has 1 heterocycles. The molecule has 2 N–H and O–H groups in total. The molecule has 0 unspecified atom stereocenters. The molecule has 2 amide bonds. The van der Waals surface area contributed by atoms with E-state index >= 15 is 0 Å². The highest BCUT2D eigenvalue weighted by Crippen LogP contribution is 2.29. The van der Waals surface area contributed by atoms with E-state index in [9.17, 15) is 4.79 Å². The van der Waals surface area contributed by atoms with E-state index in [2.05, 4.69) is 10.6 Å². The van der Waals surface area contributed by atoms with Gasteiger partial charge in [-0.15, -0.1) is 0 Å². The topological polar surface area (TPSA) is 75.3 Å². The summed E-state index contributed by atoms with van der Waals surface area (Å²) in [4.78, 5) is 12.9. The highest BCUT2D eigenvalue weighted by molar-refractivity contribution is 7.80. The SMILES string of the molecule is COc1ccc(Cl)cc1NC(=O)N1CCCN1C(=S)NCCc1ccc(OC)c(OC)c1. The molecule has 1 aliphatic heterocycles. The number of nitrogens with zero attached hydrogens (tertiary/aromatic N) is 2. The Balaban J connectivity index is 1.57. The molecule has 0 radical (unpaired) electrons. The van der Waals surface area contributed by atoms with Gasteiger partial charge in [0.25, 0.3) is 0 Å². The number of carbonyl (C=O) groups excluding carboxylic acids is 1. The number of hydrogen-bond donors (Lipinski definition) is 2. The maximum atomic E-state index is 12.9. The van der Waals surface area contributed by atoms with Crippen molar-refractivity contribution in [3.05, 3.63) is 47.0 Å². The molecule has 32 heavy (non-hydrogen) atoms. The number of rotatable bonds is 7. The Labute approximate surface area is 198 Å². The summed E-state index contributed by atoms with van der Waals surface area (Å²) in [5.41, 5.74) is 1.59. The fraction of sp³-hybridized carbons (Fsp3) is 0.364. The zero-order chi connectivity index (χ0) is 23.1. The molecule has 0 bridgehead atoms. The molecular formula is C22H27ClN4O4S. The molecule has 8 nitrogen and oxygen atoms in total. The van der Waals surface area contributed by atoms with Crippen LogP contribution in [0.15, 0.2) is 36.4 Å². The number of hydrogen-bond acceptors (Lipinski definition) is 5. The van der Waals surface area contributed by atoms with Gasteiger partial charge in [-0.25, -0.2) is 9.80 Å². The van der Waals surface area contributed by atoms with Crippen LogP contribution in [0.4, 0.5) is 10.5 Å². The van der Waals surface area contributed by atoms with Crippen LogP contribution in [0, 0.1) is 0 Å². The van der Waals surface area contributed by atoms with Gasteiger partial charge in [-0.2, -0.15) is 0 Å². The number of carbonyl (C=O) groups is 1. The summed E-state index contributed by atoms with van der Waals surface area (Å²) in [6.45, 7) is 1.83. The van der Waals surface area contributed by atoms with Crippen LogP contribution in [0.5, 0.6) is 17.2 Å². The van der Waals surface area contributed by atoms with Gasteiger partial charge in [0.05, 0.1) is 27.0 Å². The van der Waals surface area contributed by atoms with Gasteiger partial charge in [-0.1, -0.05) is 17.7 Å². The maximum absolute atomic E-state index is 12.9. The zero-order valence-corrected chi connectivity index (χ0v) is 19.9. The minimum absolute atomic E-state index is 0.299. The Hall–Kier alpha value is -2.91. The normalized spacial score (nSPS) is 13.0. The zero-order valence-electron chi connectivity index (χ0n) is 18.3. The molecule has 3 rings (SSSR count). The van der Waals surface area contributed by atoms with Crippen LogP contribution in [-0.4, -0.2) is 62.1 Å². The Morgan fingerprint density at radius 2 is 1.69 bits per heavy atom. The summed E-state index contributed by atoms with van der Waals surface area (Å²) in [5.74, 6) is 1.91. The molecular weight excluding hydrogens is 452 g/mol. The molecule has 1 fully saturated rings. The van der Waals surface area contributed by atoms with Gasteiger partial charge >= 0.3 is 6.03 Å². The number of hydrazine groups is 1. The number of thiocarbonyl (C=S) groups is 1. The number of ether oxygens (including phenoxy) is 3. The van der Waals surface area contributed by atoms with Gasteiger partial charge in [0, 0.05) is 24.7 Å². The van der Waals surface area contributed by atoms with Gasteiger partial charge in [-0.3, -0.25) is 5.01 Å². The number of nitrogens with one attached hydrogen (secondary N) is 2. The third kappa shape index (κ3) is 5.66. The van der Waals surface area contributed by atoms with Crippen LogP contribution in [0.3, 0.4) is 0 Å². The lowest BCUT2D eigenvalue weighted by Crippen LogP contribution is -2.50. The van der Waals surface area contributed by atoms with Gasteiger partial charge in [0.1, 0.15) is 5.75 Å². The Kier molecular flexibility index (Phi) is 8.24. The van der Waals surface area contributed by atoms with Crippen LogP contribution < -0.4 is 24.8 Å². The van der Waals surface area contributed by atoms with Crippen LogP contribution in [0.1, 0.15) is 12.0 Å². The Morgan fingerprint density at radius 3 is 2.41 bits per heavy atom. The Morgan fingerprint density at radius 1 is 1.00 bits per heavy atom. The summed E-state index contributed by atoms with van der Waals surface area (Å²) in [5, 5.41) is 10.5. The van der Waals surface area contributed by atoms with Gasteiger partial charge in [0.2, 0.25) is 0 Å². The first kappa shape index (κ1) is 23.7. The average Bonchev–Trinajstić information content (AvgIpc) is 3.29. The molecule has 0 spiro atoms. The second-order valence-corrected chi connectivity index (χ2v) is 7.87. The highest BCUT2D eigenvalue weighted by atomic mass is 35.5. The van der Waals surface area contributed by atoms with Gasteiger partial charge in [0.15, 0.2) is 16.6 Å². The quantitative estimate of drug-likeness (QED) is 0.584. The van der Waals surface area contributed by atoms with E-state index in [-0.39, 0.29) is 6.03 Å². The monoisotopic (exact) mass is 478 g/mol.